The quantitative estimate of drug-likeness (QED) is 0.606. The topological polar surface area (TPSA) is 57.6 Å². The van der Waals surface area contributed by atoms with Crippen LogP contribution in [0.25, 0.3) is 10.8 Å². The van der Waals surface area contributed by atoms with E-state index in [0.29, 0.717) is 18.7 Å². The van der Waals surface area contributed by atoms with Crippen LogP contribution in [0.1, 0.15) is 18.4 Å². The number of benzene rings is 3. The molecule has 1 heterocycles. The lowest BCUT2D eigenvalue weighted by molar-refractivity contribution is -0.147. The molecule has 1 aliphatic rings. The van der Waals surface area contributed by atoms with Crippen LogP contribution in [-0.2, 0) is 16.0 Å². The first kappa shape index (κ1) is 18.8. The van der Waals surface area contributed by atoms with E-state index in [9.17, 15) is 14.7 Å². The number of aryl methyl sites for hydroxylation is 1. The average molecular weight is 438 g/mol. The molecule has 0 aliphatic carbocycles. The smallest absolute Gasteiger partial charge is 0.266 e. The zero-order valence-corrected chi connectivity index (χ0v) is 16.9. The van der Waals surface area contributed by atoms with Gasteiger partial charge in [-0.15, -0.1) is 0 Å². The molecule has 4 rings (SSSR count). The monoisotopic (exact) mass is 437 g/mol. The number of carbonyl (C=O) groups is 2. The number of carbonyl (C=O) groups excluding carboxylic acids is 2. The molecule has 3 aromatic rings. The van der Waals surface area contributed by atoms with Gasteiger partial charge in [0.1, 0.15) is 0 Å². The van der Waals surface area contributed by atoms with Crippen molar-refractivity contribution in [3.05, 3.63) is 76.8 Å². The van der Waals surface area contributed by atoms with Gasteiger partial charge in [-0.3, -0.25) is 9.59 Å². The lowest BCUT2D eigenvalue weighted by atomic mass is 9.92. The van der Waals surface area contributed by atoms with E-state index in [2.05, 4.69) is 15.9 Å². The maximum absolute atomic E-state index is 12.9. The molecule has 0 spiro atoms. The lowest BCUT2D eigenvalue weighted by Gasteiger charge is -2.21. The lowest BCUT2D eigenvalue weighted by Crippen LogP contribution is -2.47. The van der Waals surface area contributed by atoms with Crippen molar-refractivity contribution < 1.29 is 14.7 Å². The minimum atomic E-state index is -1.93. The summed E-state index contributed by atoms with van der Waals surface area (Å²) in [5.74, 6) is -0.942. The number of fused-ring (bicyclic) bond motifs is 1. The summed E-state index contributed by atoms with van der Waals surface area (Å²) in [6, 6.07) is 21.3. The van der Waals surface area contributed by atoms with Crippen molar-refractivity contribution in [3.8, 4) is 0 Å². The van der Waals surface area contributed by atoms with Crippen LogP contribution in [0, 0.1) is 0 Å². The SMILES string of the molecule is O=C(CCc1cccc(Br)c1)[C@@]1(O)CCN(c2ccc3ccccc3c2)C1=O. The van der Waals surface area contributed by atoms with Gasteiger partial charge < -0.3 is 10.0 Å². The van der Waals surface area contributed by atoms with Crippen molar-refractivity contribution in [1.29, 1.82) is 0 Å². The van der Waals surface area contributed by atoms with E-state index in [1.807, 2.05) is 66.7 Å². The predicted octanol–water partition coefficient (Wildman–Crippen LogP) is 4.27. The van der Waals surface area contributed by atoms with Crippen LogP contribution in [0.4, 0.5) is 5.69 Å². The molecule has 1 atom stereocenters. The third kappa shape index (κ3) is 3.48. The first-order chi connectivity index (χ1) is 13.5. The van der Waals surface area contributed by atoms with Crippen LogP contribution in [0.5, 0.6) is 0 Å². The zero-order chi connectivity index (χ0) is 19.7. The van der Waals surface area contributed by atoms with Gasteiger partial charge in [-0.05, 0) is 47.0 Å². The number of hydrogen-bond donors (Lipinski definition) is 1. The number of ketones is 1. The molecule has 4 nitrogen and oxygen atoms in total. The minimum absolute atomic E-state index is 0.121. The molecule has 3 aromatic carbocycles. The number of Topliss-reactive ketones (excluding diaryl/α,β-unsaturated/α-hetero) is 1. The highest BCUT2D eigenvalue weighted by Crippen LogP contribution is 2.32. The van der Waals surface area contributed by atoms with E-state index >= 15 is 0 Å². The minimum Gasteiger partial charge on any atom is -0.373 e. The Labute approximate surface area is 171 Å². The van der Waals surface area contributed by atoms with Crippen molar-refractivity contribution in [3.63, 3.8) is 0 Å². The largest absolute Gasteiger partial charge is 0.373 e. The second-order valence-corrected chi connectivity index (χ2v) is 8.07. The van der Waals surface area contributed by atoms with Gasteiger partial charge in [-0.1, -0.05) is 58.4 Å². The van der Waals surface area contributed by atoms with Crippen molar-refractivity contribution in [2.75, 3.05) is 11.4 Å². The molecule has 1 aliphatic heterocycles. The Morgan fingerprint density at radius 2 is 1.82 bits per heavy atom. The molecule has 28 heavy (non-hydrogen) atoms. The number of aliphatic hydroxyl groups is 1. The maximum atomic E-state index is 12.9. The molecule has 0 bridgehead atoms. The Bertz CT molecular complexity index is 1060. The van der Waals surface area contributed by atoms with Crippen LogP contribution in [-0.4, -0.2) is 28.9 Å². The summed E-state index contributed by atoms with van der Waals surface area (Å²) in [5.41, 5.74) is -0.236. The number of rotatable bonds is 5. The van der Waals surface area contributed by atoms with Crippen LogP contribution in [0.3, 0.4) is 0 Å². The molecular formula is C23H20BrNO3. The van der Waals surface area contributed by atoms with Gasteiger partial charge in [-0.25, -0.2) is 0 Å². The molecule has 0 radical (unpaired) electrons. The van der Waals surface area contributed by atoms with E-state index in [-0.39, 0.29) is 12.8 Å². The Kier molecular flexibility index (Phi) is 5.04. The second-order valence-electron chi connectivity index (χ2n) is 7.15. The summed E-state index contributed by atoms with van der Waals surface area (Å²) >= 11 is 3.41. The van der Waals surface area contributed by atoms with Gasteiger partial charge in [-0.2, -0.15) is 0 Å². The number of hydrogen-bond acceptors (Lipinski definition) is 3. The van der Waals surface area contributed by atoms with Gasteiger partial charge >= 0.3 is 0 Å². The maximum Gasteiger partial charge on any atom is 0.266 e. The standard InChI is InChI=1S/C23H20BrNO3/c24-19-7-3-4-16(14-19)8-11-21(26)23(28)12-13-25(22(23)27)20-10-9-17-5-1-2-6-18(17)15-20/h1-7,9-10,14-15,28H,8,11-13H2/t23-/m0/s1. The van der Waals surface area contributed by atoms with Gasteiger partial charge in [0.25, 0.3) is 5.91 Å². The molecular weight excluding hydrogens is 418 g/mol. The molecule has 1 amide bonds. The Morgan fingerprint density at radius 1 is 1.04 bits per heavy atom. The highest BCUT2D eigenvalue weighted by atomic mass is 79.9. The summed E-state index contributed by atoms with van der Waals surface area (Å²) in [6.45, 7) is 0.330. The third-order valence-electron chi connectivity index (χ3n) is 5.33. The third-order valence-corrected chi connectivity index (χ3v) is 5.83. The van der Waals surface area contributed by atoms with Crippen LogP contribution in [0.15, 0.2) is 71.2 Å². The fraction of sp³-hybridized carbons (Fsp3) is 0.217. The van der Waals surface area contributed by atoms with Gasteiger partial charge in [0, 0.05) is 29.5 Å². The molecule has 1 saturated heterocycles. The summed E-state index contributed by atoms with van der Waals surface area (Å²) in [4.78, 5) is 27.2. The van der Waals surface area contributed by atoms with E-state index in [0.717, 1.165) is 20.8 Å². The van der Waals surface area contributed by atoms with Crippen LogP contribution < -0.4 is 4.90 Å². The number of amides is 1. The van der Waals surface area contributed by atoms with E-state index in [1.54, 1.807) is 0 Å². The Morgan fingerprint density at radius 3 is 2.61 bits per heavy atom. The first-order valence-electron chi connectivity index (χ1n) is 9.28. The fourth-order valence-corrected chi connectivity index (χ4v) is 4.16. The Hall–Kier alpha value is -2.50. The number of anilines is 1. The molecule has 1 N–H and O–H groups in total. The summed E-state index contributed by atoms with van der Waals surface area (Å²) in [5, 5.41) is 13.0. The van der Waals surface area contributed by atoms with Crippen LogP contribution in [0.2, 0.25) is 0 Å². The molecule has 142 valence electrons. The van der Waals surface area contributed by atoms with Crippen molar-refractivity contribution in [2.24, 2.45) is 0 Å². The van der Waals surface area contributed by atoms with E-state index < -0.39 is 17.3 Å². The highest BCUT2D eigenvalue weighted by molar-refractivity contribution is 9.10. The summed E-state index contributed by atoms with van der Waals surface area (Å²) < 4.78 is 0.940. The van der Waals surface area contributed by atoms with E-state index in [4.69, 9.17) is 0 Å². The number of nitrogens with zero attached hydrogens (tertiary/aromatic N) is 1. The fourth-order valence-electron chi connectivity index (χ4n) is 3.71. The summed E-state index contributed by atoms with van der Waals surface area (Å²) in [6.07, 6.45) is 0.740. The van der Waals surface area contributed by atoms with Crippen molar-refractivity contribution in [2.45, 2.75) is 24.9 Å². The average Bonchev–Trinajstić information content (AvgIpc) is 3.02. The van der Waals surface area contributed by atoms with E-state index in [1.165, 1.54) is 4.90 Å². The van der Waals surface area contributed by atoms with Crippen LogP contribution >= 0.6 is 15.9 Å². The van der Waals surface area contributed by atoms with Crippen molar-refractivity contribution >= 4 is 44.1 Å². The molecule has 0 saturated carbocycles. The number of halogens is 1. The van der Waals surface area contributed by atoms with Gasteiger partial charge in [0.15, 0.2) is 5.78 Å². The summed E-state index contributed by atoms with van der Waals surface area (Å²) in [7, 11) is 0. The molecule has 0 aromatic heterocycles. The molecule has 0 unspecified atom stereocenters. The first-order valence-corrected chi connectivity index (χ1v) is 10.1. The van der Waals surface area contributed by atoms with Crippen molar-refractivity contribution in [1.82, 2.24) is 0 Å². The Balaban J connectivity index is 1.50. The zero-order valence-electron chi connectivity index (χ0n) is 15.3. The second kappa shape index (κ2) is 7.49. The normalized spacial score (nSPS) is 19.4. The van der Waals surface area contributed by atoms with Gasteiger partial charge in [0.05, 0.1) is 0 Å². The van der Waals surface area contributed by atoms with Gasteiger partial charge in [0.2, 0.25) is 5.60 Å². The molecule has 5 heteroatoms. The predicted molar refractivity (Wildman–Crippen MR) is 113 cm³/mol. The highest BCUT2D eigenvalue weighted by Gasteiger charge is 2.50. The molecule has 1 fully saturated rings.